The van der Waals surface area contributed by atoms with Gasteiger partial charge in [0.25, 0.3) is 0 Å². The van der Waals surface area contributed by atoms with Crippen molar-refractivity contribution < 1.29 is 5.11 Å². The van der Waals surface area contributed by atoms with Crippen molar-refractivity contribution in [2.75, 3.05) is 0 Å². The lowest BCUT2D eigenvalue weighted by Crippen LogP contribution is -2.15. The van der Waals surface area contributed by atoms with E-state index in [9.17, 15) is 5.11 Å². The van der Waals surface area contributed by atoms with Crippen LogP contribution in [0.3, 0.4) is 0 Å². The molecular formula is C12H16Cl2O. The zero-order valence-corrected chi connectivity index (χ0v) is 10.5. The van der Waals surface area contributed by atoms with Crippen LogP contribution in [0.2, 0.25) is 10.0 Å². The fourth-order valence-electron chi connectivity index (χ4n) is 1.62. The molecule has 0 aliphatic heterocycles. The Hall–Kier alpha value is -0.240. The zero-order valence-electron chi connectivity index (χ0n) is 9.00. The summed E-state index contributed by atoms with van der Waals surface area (Å²) in [6, 6.07) is 5.40. The van der Waals surface area contributed by atoms with Gasteiger partial charge in [0.05, 0.1) is 6.10 Å². The van der Waals surface area contributed by atoms with E-state index >= 15 is 0 Å². The van der Waals surface area contributed by atoms with Gasteiger partial charge < -0.3 is 5.11 Å². The molecular weight excluding hydrogens is 231 g/mol. The van der Waals surface area contributed by atoms with Crippen LogP contribution < -0.4 is 0 Å². The third-order valence-electron chi connectivity index (χ3n) is 2.61. The molecule has 0 aliphatic carbocycles. The van der Waals surface area contributed by atoms with Gasteiger partial charge in [0, 0.05) is 16.0 Å². The van der Waals surface area contributed by atoms with Crippen molar-refractivity contribution in [3.63, 3.8) is 0 Å². The highest BCUT2D eigenvalue weighted by molar-refractivity contribution is 6.35. The normalized spacial score (nSPS) is 15.0. The largest absolute Gasteiger partial charge is 0.393 e. The highest BCUT2D eigenvalue weighted by atomic mass is 35.5. The molecule has 0 aliphatic rings. The Morgan fingerprint density at radius 2 is 2.00 bits per heavy atom. The van der Waals surface area contributed by atoms with Gasteiger partial charge in [-0.2, -0.15) is 0 Å². The molecule has 0 fully saturated rings. The van der Waals surface area contributed by atoms with E-state index in [4.69, 9.17) is 23.2 Å². The quantitative estimate of drug-likeness (QED) is 0.842. The minimum Gasteiger partial charge on any atom is -0.393 e. The maximum atomic E-state index is 9.87. The summed E-state index contributed by atoms with van der Waals surface area (Å²) >= 11 is 11.9. The molecule has 0 heterocycles. The number of aliphatic hydroxyl groups is 1. The second-order valence-electron chi connectivity index (χ2n) is 3.81. The topological polar surface area (TPSA) is 20.2 Å². The molecule has 0 aromatic heterocycles. The van der Waals surface area contributed by atoms with Crippen molar-refractivity contribution in [3.8, 4) is 0 Å². The summed E-state index contributed by atoms with van der Waals surface area (Å²) in [7, 11) is 0. The Kier molecular flexibility index (Phi) is 4.91. The van der Waals surface area contributed by atoms with Crippen LogP contribution in [0.5, 0.6) is 0 Å². The average Bonchev–Trinajstić information content (AvgIpc) is 2.17. The monoisotopic (exact) mass is 246 g/mol. The lowest BCUT2D eigenvalue weighted by molar-refractivity contribution is 0.139. The summed E-state index contributed by atoms with van der Waals surface area (Å²) in [5.74, 6) is 0.0507. The SMILES string of the molecule is CCCC(O)C(C)c1ccc(Cl)cc1Cl. The van der Waals surface area contributed by atoms with Crippen molar-refractivity contribution >= 4 is 23.2 Å². The van der Waals surface area contributed by atoms with Crippen molar-refractivity contribution in [2.24, 2.45) is 0 Å². The van der Waals surface area contributed by atoms with Gasteiger partial charge in [-0.1, -0.05) is 49.5 Å². The van der Waals surface area contributed by atoms with Crippen LogP contribution in [0.4, 0.5) is 0 Å². The summed E-state index contributed by atoms with van der Waals surface area (Å²) in [5.41, 5.74) is 0.960. The minimum absolute atomic E-state index is 0.0507. The first kappa shape index (κ1) is 12.8. The number of halogens is 2. The molecule has 0 spiro atoms. The van der Waals surface area contributed by atoms with E-state index in [-0.39, 0.29) is 12.0 Å². The van der Waals surface area contributed by atoms with E-state index in [1.165, 1.54) is 0 Å². The molecule has 2 unspecified atom stereocenters. The van der Waals surface area contributed by atoms with E-state index in [0.717, 1.165) is 18.4 Å². The zero-order chi connectivity index (χ0) is 11.4. The van der Waals surface area contributed by atoms with E-state index in [1.54, 1.807) is 12.1 Å². The standard InChI is InChI=1S/C12H16Cl2O/c1-3-4-12(15)8(2)10-6-5-9(13)7-11(10)14/h5-8,12,15H,3-4H2,1-2H3. The number of benzene rings is 1. The molecule has 3 heteroatoms. The Labute approximate surface area is 101 Å². The molecule has 2 atom stereocenters. The summed E-state index contributed by atoms with van der Waals surface area (Å²) in [6.07, 6.45) is 1.42. The highest BCUT2D eigenvalue weighted by Gasteiger charge is 2.17. The summed E-state index contributed by atoms with van der Waals surface area (Å²) in [5, 5.41) is 11.1. The molecule has 1 N–H and O–H groups in total. The van der Waals surface area contributed by atoms with E-state index in [2.05, 4.69) is 6.92 Å². The first-order chi connectivity index (χ1) is 7.06. The van der Waals surface area contributed by atoms with Gasteiger partial charge in [0.15, 0.2) is 0 Å². The third kappa shape index (κ3) is 3.37. The molecule has 15 heavy (non-hydrogen) atoms. The number of rotatable bonds is 4. The number of hydrogen-bond acceptors (Lipinski definition) is 1. The van der Waals surface area contributed by atoms with Gasteiger partial charge in [-0.3, -0.25) is 0 Å². The molecule has 0 bridgehead atoms. The Balaban J connectivity index is 2.86. The average molecular weight is 247 g/mol. The van der Waals surface area contributed by atoms with Crippen LogP contribution in [-0.4, -0.2) is 11.2 Å². The summed E-state index contributed by atoms with van der Waals surface area (Å²) in [4.78, 5) is 0. The number of hydrogen-bond donors (Lipinski definition) is 1. The van der Waals surface area contributed by atoms with Gasteiger partial charge in [0.2, 0.25) is 0 Å². The smallest absolute Gasteiger partial charge is 0.0606 e. The van der Waals surface area contributed by atoms with Gasteiger partial charge >= 0.3 is 0 Å². The molecule has 0 radical (unpaired) electrons. The molecule has 1 rings (SSSR count). The molecule has 0 saturated heterocycles. The molecule has 1 nitrogen and oxygen atoms in total. The van der Waals surface area contributed by atoms with Gasteiger partial charge in [0.1, 0.15) is 0 Å². The molecule has 0 saturated carbocycles. The van der Waals surface area contributed by atoms with Crippen LogP contribution >= 0.6 is 23.2 Å². The lowest BCUT2D eigenvalue weighted by Gasteiger charge is -2.19. The van der Waals surface area contributed by atoms with Crippen LogP contribution in [0.15, 0.2) is 18.2 Å². The molecule has 1 aromatic rings. The number of aliphatic hydroxyl groups excluding tert-OH is 1. The van der Waals surface area contributed by atoms with Crippen LogP contribution in [0, 0.1) is 0 Å². The van der Waals surface area contributed by atoms with E-state index in [0.29, 0.717) is 10.0 Å². The Bertz CT molecular complexity index is 325. The second-order valence-corrected chi connectivity index (χ2v) is 4.65. The van der Waals surface area contributed by atoms with Crippen LogP contribution in [0.1, 0.15) is 38.2 Å². The summed E-state index contributed by atoms with van der Waals surface area (Å²) in [6.45, 7) is 4.04. The maximum Gasteiger partial charge on any atom is 0.0606 e. The second kappa shape index (κ2) is 5.74. The lowest BCUT2D eigenvalue weighted by atomic mass is 9.93. The predicted molar refractivity (Wildman–Crippen MR) is 65.8 cm³/mol. The minimum atomic E-state index is -0.339. The Morgan fingerprint density at radius 3 is 2.53 bits per heavy atom. The van der Waals surface area contributed by atoms with Crippen LogP contribution in [0.25, 0.3) is 0 Å². The molecule has 1 aromatic carbocycles. The van der Waals surface area contributed by atoms with Gasteiger partial charge in [-0.25, -0.2) is 0 Å². The van der Waals surface area contributed by atoms with E-state index in [1.807, 2.05) is 13.0 Å². The predicted octanol–water partition coefficient (Wildman–Crippen LogP) is 4.26. The molecule has 84 valence electrons. The first-order valence-electron chi connectivity index (χ1n) is 5.19. The van der Waals surface area contributed by atoms with Crippen molar-refractivity contribution in [2.45, 2.75) is 38.7 Å². The fraction of sp³-hybridized carbons (Fsp3) is 0.500. The molecule has 0 amide bonds. The highest BCUT2D eigenvalue weighted by Crippen LogP contribution is 2.30. The van der Waals surface area contributed by atoms with Crippen molar-refractivity contribution in [3.05, 3.63) is 33.8 Å². The third-order valence-corrected chi connectivity index (χ3v) is 3.18. The summed E-state index contributed by atoms with van der Waals surface area (Å²) < 4.78 is 0. The fourth-order valence-corrected chi connectivity index (χ4v) is 2.20. The van der Waals surface area contributed by atoms with Crippen LogP contribution in [-0.2, 0) is 0 Å². The van der Waals surface area contributed by atoms with Gasteiger partial charge in [-0.05, 0) is 24.1 Å². The first-order valence-corrected chi connectivity index (χ1v) is 5.94. The maximum absolute atomic E-state index is 9.87. The van der Waals surface area contributed by atoms with E-state index < -0.39 is 0 Å². The van der Waals surface area contributed by atoms with Crippen molar-refractivity contribution in [1.29, 1.82) is 0 Å². The Morgan fingerprint density at radius 1 is 1.33 bits per heavy atom. The van der Waals surface area contributed by atoms with Crippen molar-refractivity contribution in [1.82, 2.24) is 0 Å². The van der Waals surface area contributed by atoms with Gasteiger partial charge in [-0.15, -0.1) is 0 Å².